The number of carbonyl (C=O) groups excluding carboxylic acids is 1. The summed E-state index contributed by atoms with van der Waals surface area (Å²) in [6, 6.07) is 11.6. The highest BCUT2D eigenvalue weighted by molar-refractivity contribution is 7.89. The Morgan fingerprint density at radius 1 is 0.906 bits per heavy atom. The molecule has 32 heavy (non-hydrogen) atoms. The highest BCUT2D eigenvalue weighted by Crippen LogP contribution is 2.27. The van der Waals surface area contributed by atoms with E-state index in [1.54, 1.807) is 6.07 Å². The molecular formula is C24H25N3O4S. The third kappa shape index (κ3) is 3.73. The zero-order chi connectivity index (χ0) is 22.3. The number of H-pyrrole nitrogens is 1. The number of sulfonamides is 1. The van der Waals surface area contributed by atoms with Crippen molar-refractivity contribution in [3.8, 4) is 0 Å². The van der Waals surface area contributed by atoms with Crippen LogP contribution in [0.2, 0.25) is 0 Å². The lowest BCUT2D eigenvalue weighted by Gasteiger charge is -2.17. The second kappa shape index (κ2) is 8.18. The number of benzene rings is 2. The lowest BCUT2D eigenvalue weighted by molar-refractivity contribution is 0.102. The first-order valence-corrected chi connectivity index (χ1v) is 12.5. The average Bonchev–Trinajstić information content (AvgIpc) is 3.35. The van der Waals surface area contributed by atoms with E-state index in [0.29, 0.717) is 29.9 Å². The fraction of sp³-hybridized carbons (Fsp3) is 0.333. The Labute approximate surface area is 186 Å². The fourth-order valence-electron chi connectivity index (χ4n) is 4.70. The topological polar surface area (TPSA) is 99.3 Å². The summed E-state index contributed by atoms with van der Waals surface area (Å²) in [6.45, 7) is 1.08. The summed E-state index contributed by atoms with van der Waals surface area (Å²) in [4.78, 5) is 28.3. The van der Waals surface area contributed by atoms with Gasteiger partial charge in [-0.25, -0.2) is 8.42 Å². The quantitative estimate of drug-likeness (QED) is 0.635. The molecule has 1 saturated heterocycles. The van der Waals surface area contributed by atoms with Crippen molar-refractivity contribution in [3.05, 3.63) is 69.5 Å². The molecule has 0 bridgehead atoms. The Morgan fingerprint density at radius 3 is 2.31 bits per heavy atom. The molecule has 2 heterocycles. The molecule has 3 aromatic rings. The van der Waals surface area contributed by atoms with Crippen molar-refractivity contribution in [1.82, 2.24) is 9.29 Å². The van der Waals surface area contributed by atoms with Gasteiger partial charge in [0.2, 0.25) is 10.0 Å². The predicted octanol–water partition coefficient (Wildman–Crippen LogP) is 3.44. The molecule has 0 radical (unpaired) electrons. The van der Waals surface area contributed by atoms with E-state index in [1.807, 2.05) is 12.1 Å². The van der Waals surface area contributed by atoms with E-state index < -0.39 is 10.0 Å². The van der Waals surface area contributed by atoms with Gasteiger partial charge in [-0.3, -0.25) is 9.59 Å². The third-order valence-corrected chi connectivity index (χ3v) is 8.32. The van der Waals surface area contributed by atoms with Crippen molar-refractivity contribution in [1.29, 1.82) is 0 Å². The molecule has 2 aliphatic rings. The van der Waals surface area contributed by atoms with Crippen LogP contribution in [-0.2, 0) is 22.9 Å². The molecule has 1 amide bonds. The summed E-state index contributed by atoms with van der Waals surface area (Å²) in [5.74, 6) is -0.338. The minimum absolute atomic E-state index is 0.0505. The van der Waals surface area contributed by atoms with Crippen molar-refractivity contribution in [2.75, 3.05) is 18.4 Å². The number of pyridine rings is 1. The summed E-state index contributed by atoms with van der Waals surface area (Å²) in [5, 5.41) is 3.86. The molecule has 2 N–H and O–H groups in total. The van der Waals surface area contributed by atoms with Gasteiger partial charge in [0.25, 0.3) is 11.5 Å². The van der Waals surface area contributed by atoms with E-state index in [2.05, 4.69) is 10.3 Å². The Morgan fingerprint density at radius 2 is 1.59 bits per heavy atom. The van der Waals surface area contributed by atoms with E-state index in [0.717, 1.165) is 55.0 Å². The lowest BCUT2D eigenvalue weighted by atomic mass is 9.90. The van der Waals surface area contributed by atoms with E-state index in [1.165, 1.54) is 28.6 Å². The van der Waals surface area contributed by atoms with Crippen LogP contribution < -0.4 is 10.9 Å². The number of carbonyl (C=O) groups is 1. The van der Waals surface area contributed by atoms with Crippen LogP contribution in [0.15, 0.2) is 52.2 Å². The maximum absolute atomic E-state index is 12.7. The number of anilines is 1. The van der Waals surface area contributed by atoms with Crippen LogP contribution in [-0.4, -0.2) is 36.7 Å². The molecule has 1 aliphatic heterocycles. The Hall–Kier alpha value is -2.97. The monoisotopic (exact) mass is 451 g/mol. The average molecular weight is 452 g/mol. The van der Waals surface area contributed by atoms with Crippen molar-refractivity contribution < 1.29 is 13.2 Å². The SMILES string of the molecule is O=C(Nc1ccc2c3c(c(=O)[nH]c2c1)CCCC3)c1ccc(S(=O)(=O)N2CCCC2)cc1. The van der Waals surface area contributed by atoms with Crippen molar-refractivity contribution in [2.45, 2.75) is 43.4 Å². The van der Waals surface area contributed by atoms with Gasteiger partial charge in [-0.2, -0.15) is 4.31 Å². The Bertz CT molecular complexity index is 1350. The molecule has 1 fully saturated rings. The molecule has 5 rings (SSSR count). The first kappa shape index (κ1) is 20.9. The Kier molecular flexibility index (Phi) is 5.35. The number of fused-ring (bicyclic) bond motifs is 3. The Balaban J connectivity index is 1.37. The number of rotatable bonds is 4. The van der Waals surface area contributed by atoms with Gasteiger partial charge in [0.1, 0.15) is 0 Å². The summed E-state index contributed by atoms with van der Waals surface area (Å²) in [7, 11) is -3.51. The third-order valence-electron chi connectivity index (χ3n) is 6.41. The first-order valence-electron chi connectivity index (χ1n) is 11.0. The second-order valence-electron chi connectivity index (χ2n) is 8.47. The first-order chi connectivity index (χ1) is 15.4. The number of hydrogen-bond acceptors (Lipinski definition) is 4. The molecule has 1 aliphatic carbocycles. The molecule has 2 aromatic carbocycles. The standard InChI is InChI=1S/C24H25N3O4S/c28-23(16-7-10-18(11-8-16)32(30,31)27-13-3-4-14-27)25-17-9-12-20-19-5-1-2-6-21(19)24(29)26-22(20)15-17/h7-12,15H,1-6,13-14H2,(H,25,28)(H,26,29). The van der Waals surface area contributed by atoms with Crippen LogP contribution in [0.4, 0.5) is 5.69 Å². The number of aromatic amines is 1. The van der Waals surface area contributed by atoms with Crippen molar-refractivity contribution in [2.24, 2.45) is 0 Å². The highest BCUT2D eigenvalue weighted by atomic mass is 32.2. The van der Waals surface area contributed by atoms with Gasteiger partial charge in [-0.1, -0.05) is 6.07 Å². The van der Waals surface area contributed by atoms with Crippen LogP contribution in [0, 0.1) is 0 Å². The van der Waals surface area contributed by atoms with Gasteiger partial charge in [-0.05, 0) is 80.5 Å². The number of nitrogens with zero attached hydrogens (tertiary/aromatic N) is 1. The van der Waals surface area contributed by atoms with Crippen LogP contribution in [0.1, 0.15) is 47.2 Å². The van der Waals surface area contributed by atoms with Gasteiger partial charge < -0.3 is 10.3 Å². The molecule has 7 nitrogen and oxygen atoms in total. The van der Waals surface area contributed by atoms with Crippen molar-refractivity contribution >= 4 is 32.5 Å². The van der Waals surface area contributed by atoms with Crippen LogP contribution in [0.5, 0.6) is 0 Å². The normalized spacial score (nSPS) is 16.8. The highest BCUT2D eigenvalue weighted by Gasteiger charge is 2.27. The van der Waals surface area contributed by atoms with E-state index in [9.17, 15) is 18.0 Å². The van der Waals surface area contributed by atoms with E-state index in [4.69, 9.17) is 0 Å². The molecule has 0 unspecified atom stereocenters. The van der Waals surface area contributed by atoms with Crippen LogP contribution in [0.3, 0.4) is 0 Å². The lowest BCUT2D eigenvalue weighted by Crippen LogP contribution is -2.27. The summed E-state index contributed by atoms with van der Waals surface area (Å²) in [5.41, 5.74) is 3.59. The molecular weight excluding hydrogens is 426 g/mol. The smallest absolute Gasteiger partial charge is 0.255 e. The van der Waals surface area contributed by atoms with E-state index >= 15 is 0 Å². The van der Waals surface area contributed by atoms with Gasteiger partial charge in [0, 0.05) is 35.3 Å². The number of hydrogen-bond donors (Lipinski definition) is 2. The zero-order valence-corrected chi connectivity index (χ0v) is 18.5. The largest absolute Gasteiger partial charge is 0.322 e. The zero-order valence-electron chi connectivity index (χ0n) is 17.7. The number of aryl methyl sites for hydroxylation is 1. The fourth-order valence-corrected chi connectivity index (χ4v) is 6.22. The summed E-state index contributed by atoms with van der Waals surface area (Å²) in [6.07, 6.45) is 5.57. The van der Waals surface area contributed by atoms with Gasteiger partial charge in [0.15, 0.2) is 0 Å². The van der Waals surface area contributed by atoms with E-state index in [-0.39, 0.29) is 16.4 Å². The summed E-state index contributed by atoms with van der Waals surface area (Å²) >= 11 is 0. The second-order valence-corrected chi connectivity index (χ2v) is 10.4. The predicted molar refractivity (Wildman–Crippen MR) is 124 cm³/mol. The summed E-state index contributed by atoms with van der Waals surface area (Å²) < 4.78 is 26.8. The molecule has 8 heteroatoms. The number of nitrogens with one attached hydrogen (secondary N) is 2. The molecule has 0 saturated carbocycles. The van der Waals surface area contributed by atoms with Crippen LogP contribution >= 0.6 is 0 Å². The molecule has 0 atom stereocenters. The maximum Gasteiger partial charge on any atom is 0.255 e. The van der Waals surface area contributed by atoms with Crippen LogP contribution in [0.25, 0.3) is 10.9 Å². The number of aromatic nitrogens is 1. The van der Waals surface area contributed by atoms with Gasteiger partial charge in [0.05, 0.1) is 10.4 Å². The van der Waals surface area contributed by atoms with Crippen molar-refractivity contribution in [3.63, 3.8) is 0 Å². The minimum atomic E-state index is -3.51. The molecule has 0 spiro atoms. The van der Waals surface area contributed by atoms with Gasteiger partial charge in [-0.15, -0.1) is 0 Å². The van der Waals surface area contributed by atoms with Gasteiger partial charge >= 0.3 is 0 Å². The number of amides is 1. The molecule has 166 valence electrons. The maximum atomic E-state index is 12.7. The minimum Gasteiger partial charge on any atom is -0.322 e. The molecule has 1 aromatic heterocycles.